The molecule has 10 heteroatoms. The molecule has 0 bridgehead atoms. The zero-order valence-corrected chi connectivity index (χ0v) is 14.6. The molecule has 0 amide bonds. The summed E-state index contributed by atoms with van der Waals surface area (Å²) in [5, 5.41) is 7.69. The fraction of sp³-hybridized carbons (Fsp3) is 0.571. The van der Waals surface area contributed by atoms with Crippen LogP contribution >= 0.6 is 0 Å². The van der Waals surface area contributed by atoms with Crippen LogP contribution in [0.5, 0.6) is 0 Å². The van der Waals surface area contributed by atoms with E-state index in [0.717, 1.165) is 0 Å². The van der Waals surface area contributed by atoms with Gasteiger partial charge in [0.2, 0.25) is 11.0 Å². The summed E-state index contributed by atoms with van der Waals surface area (Å²) >= 11 is 0. The maximum Gasteiger partial charge on any atom is 0.276 e. The van der Waals surface area contributed by atoms with E-state index < -0.39 is 15.6 Å². The second-order valence-corrected chi connectivity index (χ2v) is 8.05. The Morgan fingerprint density at radius 1 is 1.21 bits per heavy atom. The standard InChI is InChI=1S/C14H20N4O5S/c1-9-10(12-16-17-13(23-12)14(2,3)15)8-11(22-9)24(19,20)18-4-6-21-7-5-18/h8H,4-7,15H2,1-3H3. The first-order valence-corrected chi connectivity index (χ1v) is 8.95. The molecule has 1 fully saturated rings. The smallest absolute Gasteiger partial charge is 0.276 e. The number of sulfonamides is 1. The van der Waals surface area contributed by atoms with E-state index in [9.17, 15) is 8.42 Å². The molecule has 0 unspecified atom stereocenters. The van der Waals surface area contributed by atoms with Crippen molar-refractivity contribution in [2.75, 3.05) is 26.3 Å². The Morgan fingerprint density at radius 2 is 1.88 bits per heavy atom. The van der Waals surface area contributed by atoms with E-state index in [4.69, 9.17) is 19.3 Å². The largest absolute Gasteiger partial charge is 0.448 e. The summed E-state index contributed by atoms with van der Waals surface area (Å²) in [5.41, 5.74) is 5.57. The van der Waals surface area contributed by atoms with Gasteiger partial charge in [0.15, 0.2) is 0 Å². The van der Waals surface area contributed by atoms with Gasteiger partial charge in [-0.2, -0.15) is 4.31 Å². The predicted molar refractivity (Wildman–Crippen MR) is 83.5 cm³/mol. The highest BCUT2D eigenvalue weighted by Crippen LogP contribution is 2.31. The molecule has 24 heavy (non-hydrogen) atoms. The molecule has 1 aliphatic rings. The summed E-state index contributed by atoms with van der Waals surface area (Å²) in [6.45, 7) is 6.44. The third-order valence-corrected chi connectivity index (χ3v) is 5.42. The molecule has 0 spiro atoms. The Bertz CT molecular complexity index is 828. The number of aryl methyl sites for hydroxylation is 1. The molecule has 3 heterocycles. The van der Waals surface area contributed by atoms with Crippen LogP contribution in [0.4, 0.5) is 0 Å². The third kappa shape index (κ3) is 3.09. The van der Waals surface area contributed by atoms with E-state index in [1.54, 1.807) is 20.8 Å². The second kappa shape index (κ2) is 5.96. The van der Waals surface area contributed by atoms with Crippen molar-refractivity contribution in [2.45, 2.75) is 31.4 Å². The van der Waals surface area contributed by atoms with Crippen molar-refractivity contribution in [1.82, 2.24) is 14.5 Å². The van der Waals surface area contributed by atoms with Crippen LogP contribution in [-0.2, 0) is 20.3 Å². The summed E-state index contributed by atoms with van der Waals surface area (Å²) in [6, 6.07) is 1.40. The third-order valence-electron chi connectivity index (χ3n) is 3.67. The number of nitrogens with two attached hydrogens (primary N) is 1. The van der Waals surface area contributed by atoms with Crippen LogP contribution in [0.1, 0.15) is 25.5 Å². The van der Waals surface area contributed by atoms with Gasteiger partial charge in [-0.05, 0) is 20.8 Å². The predicted octanol–water partition coefficient (Wildman–Crippen LogP) is 0.853. The zero-order valence-electron chi connectivity index (χ0n) is 13.8. The molecule has 1 saturated heterocycles. The average molecular weight is 356 g/mol. The number of morpholine rings is 1. The lowest BCUT2D eigenvalue weighted by Gasteiger charge is -2.24. The molecular weight excluding hydrogens is 336 g/mol. The Labute approximate surface area is 139 Å². The molecule has 2 aromatic heterocycles. The minimum absolute atomic E-state index is 0.149. The van der Waals surface area contributed by atoms with Gasteiger partial charge in [-0.3, -0.25) is 0 Å². The highest BCUT2D eigenvalue weighted by molar-refractivity contribution is 7.89. The highest BCUT2D eigenvalue weighted by Gasteiger charge is 2.31. The molecule has 3 rings (SSSR count). The van der Waals surface area contributed by atoms with Gasteiger partial charge in [0.05, 0.1) is 24.3 Å². The molecule has 2 aromatic rings. The van der Waals surface area contributed by atoms with Crippen LogP contribution in [0.25, 0.3) is 11.5 Å². The minimum atomic E-state index is -3.72. The molecular formula is C14H20N4O5S. The van der Waals surface area contributed by atoms with E-state index in [-0.39, 0.29) is 16.9 Å². The fourth-order valence-corrected chi connectivity index (χ4v) is 3.68. The maximum atomic E-state index is 12.6. The van der Waals surface area contributed by atoms with Crippen LogP contribution in [0.3, 0.4) is 0 Å². The first kappa shape index (κ1) is 17.1. The first-order chi connectivity index (χ1) is 11.2. The maximum absolute atomic E-state index is 12.6. The number of nitrogens with zero attached hydrogens (tertiary/aromatic N) is 3. The van der Waals surface area contributed by atoms with Gasteiger partial charge in [0, 0.05) is 19.2 Å². The summed E-state index contributed by atoms with van der Waals surface area (Å²) in [5.74, 6) is 0.816. The number of hydrogen-bond acceptors (Lipinski definition) is 8. The summed E-state index contributed by atoms with van der Waals surface area (Å²) in [6.07, 6.45) is 0. The highest BCUT2D eigenvalue weighted by atomic mass is 32.2. The van der Waals surface area contributed by atoms with Gasteiger partial charge in [0.25, 0.3) is 15.9 Å². The Kier molecular flexibility index (Phi) is 4.24. The second-order valence-electron chi connectivity index (χ2n) is 6.19. The van der Waals surface area contributed by atoms with Gasteiger partial charge >= 0.3 is 0 Å². The van der Waals surface area contributed by atoms with Crippen molar-refractivity contribution in [1.29, 1.82) is 0 Å². The lowest BCUT2D eigenvalue weighted by atomic mass is 10.1. The lowest BCUT2D eigenvalue weighted by Crippen LogP contribution is -2.40. The van der Waals surface area contributed by atoms with Gasteiger partial charge < -0.3 is 19.3 Å². The molecule has 0 radical (unpaired) electrons. The van der Waals surface area contributed by atoms with Crippen LogP contribution in [0.15, 0.2) is 20.0 Å². The Morgan fingerprint density at radius 3 is 2.46 bits per heavy atom. The summed E-state index contributed by atoms with van der Waals surface area (Å²) in [4.78, 5) is 0. The molecule has 0 aliphatic carbocycles. The van der Waals surface area contributed by atoms with Crippen LogP contribution < -0.4 is 5.73 Å². The first-order valence-electron chi connectivity index (χ1n) is 7.51. The zero-order chi connectivity index (χ0) is 17.5. The molecule has 0 atom stereocenters. The van der Waals surface area contributed by atoms with Crippen LogP contribution in [0.2, 0.25) is 0 Å². The number of ether oxygens (including phenoxy) is 1. The number of aromatic nitrogens is 2. The van der Waals surface area contributed by atoms with Crippen molar-refractivity contribution < 1.29 is 22.0 Å². The normalized spacial score (nSPS) is 17.3. The number of furan rings is 1. The monoisotopic (exact) mass is 356 g/mol. The fourth-order valence-electron chi connectivity index (χ4n) is 2.30. The molecule has 9 nitrogen and oxygen atoms in total. The van der Waals surface area contributed by atoms with Gasteiger partial charge in [-0.1, -0.05) is 0 Å². The number of hydrogen-bond donors (Lipinski definition) is 1. The van der Waals surface area contributed by atoms with Crippen molar-refractivity contribution in [3.63, 3.8) is 0 Å². The van der Waals surface area contributed by atoms with Crippen molar-refractivity contribution >= 4 is 10.0 Å². The number of rotatable bonds is 4. The average Bonchev–Trinajstić information content (AvgIpc) is 3.14. The summed E-state index contributed by atoms with van der Waals surface area (Å²) < 4.78 is 42.8. The quantitative estimate of drug-likeness (QED) is 0.855. The van der Waals surface area contributed by atoms with E-state index in [0.29, 0.717) is 37.6 Å². The SMILES string of the molecule is Cc1oc(S(=O)(=O)N2CCOCC2)cc1-c1nnc(C(C)(C)N)o1. The minimum Gasteiger partial charge on any atom is -0.448 e. The van der Waals surface area contributed by atoms with Gasteiger partial charge in [0.1, 0.15) is 5.76 Å². The molecule has 0 aromatic carbocycles. The topological polar surface area (TPSA) is 125 Å². The molecule has 0 saturated carbocycles. The molecule has 2 N–H and O–H groups in total. The lowest BCUT2D eigenvalue weighted by molar-refractivity contribution is 0.0724. The Hall–Kier alpha value is -1.75. The van der Waals surface area contributed by atoms with Gasteiger partial charge in [-0.15, -0.1) is 10.2 Å². The van der Waals surface area contributed by atoms with Crippen molar-refractivity contribution in [2.24, 2.45) is 5.73 Å². The van der Waals surface area contributed by atoms with Crippen LogP contribution in [-0.4, -0.2) is 49.2 Å². The summed E-state index contributed by atoms with van der Waals surface area (Å²) in [7, 11) is -3.72. The van der Waals surface area contributed by atoms with E-state index in [1.807, 2.05) is 0 Å². The van der Waals surface area contributed by atoms with E-state index in [1.165, 1.54) is 10.4 Å². The molecule has 132 valence electrons. The van der Waals surface area contributed by atoms with Crippen molar-refractivity contribution in [3.8, 4) is 11.5 Å². The Balaban J connectivity index is 1.94. The van der Waals surface area contributed by atoms with E-state index >= 15 is 0 Å². The molecule has 1 aliphatic heterocycles. The van der Waals surface area contributed by atoms with Gasteiger partial charge in [-0.25, -0.2) is 8.42 Å². The van der Waals surface area contributed by atoms with E-state index in [2.05, 4.69) is 10.2 Å². The van der Waals surface area contributed by atoms with Crippen LogP contribution in [0, 0.1) is 6.92 Å². The van der Waals surface area contributed by atoms with Crippen molar-refractivity contribution in [3.05, 3.63) is 17.7 Å².